The first-order valence-corrected chi connectivity index (χ1v) is 12.2. The number of nitrogens with zero attached hydrogens (tertiary/aromatic N) is 4. The Labute approximate surface area is 203 Å². The standard InChI is InChI=1S/C27H28FN5O2/c1-2-18-14-21(19-4-3-5-19)23(24-31-32-26(30)35-24)15-22(18)25(34)33-12-10-27(28,11-13-33)20-8-6-17(16-29)7-9-20/h6-9,14-15,19H,2-5,10-13H2,1H3,(H2,30,32). The monoisotopic (exact) mass is 473 g/mol. The lowest BCUT2D eigenvalue weighted by Crippen LogP contribution is -2.43. The molecular weight excluding hydrogens is 445 g/mol. The number of halogens is 1. The first-order valence-electron chi connectivity index (χ1n) is 12.2. The molecule has 1 aromatic heterocycles. The third-order valence-corrected chi connectivity index (χ3v) is 7.48. The number of aromatic nitrogens is 2. The van der Waals surface area contributed by atoms with Gasteiger partial charge in [0.2, 0.25) is 5.89 Å². The molecule has 8 heteroatoms. The van der Waals surface area contributed by atoms with E-state index in [9.17, 15) is 4.79 Å². The van der Waals surface area contributed by atoms with Crippen molar-refractivity contribution in [3.63, 3.8) is 0 Å². The van der Waals surface area contributed by atoms with Crippen molar-refractivity contribution in [3.05, 3.63) is 64.2 Å². The zero-order valence-electron chi connectivity index (χ0n) is 19.8. The van der Waals surface area contributed by atoms with Gasteiger partial charge in [0, 0.05) is 37.1 Å². The lowest BCUT2D eigenvalue weighted by atomic mass is 9.76. The molecule has 35 heavy (non-hydrogen) atoms. The maximum absolute atomic E-state index is 15.7. The number of benzene rings is 2. The van der Waals surface area contributed by atoms with Crippen molar-refractivity contribution in [3.8, 4) is 17.5 Å². The minimum atomic E-state index is -1.52. The summed E-state index contributed by atoms with van der Waals surface area (Å²) in [4.78, 5) is 15.4. The fraction of sp³-hybridized carbons (Fsp3) is 0.407. The second-order valence-corrected chi connectivity index (χ2v) is 9.47. The van der Waals surface area contributed by atoms with E-state index < -0.39 is 5.67 Å². The zero-order chi connectivity index (χ0) is 24.6. The highest BCUT2D eigenvalue weighted by atomic mass is 19.1. The molecule has 1 aliphatic carbocycles. The third-order valence-electron chi connectivity index (χ3n) is 7.48. The fourth-order valence-corrected chi connectivity index (χ4v) is 5.11. The molecule has 7 nitrogen and oxygen atoms in total. The molecule has 1 aliphatic heterocycles. The van der Waals surface area contributed by atoms with Crippen LogP contribution in [0, 0.1) is 11.3 Å². The molecule has 180 valence electrons. The minimum absolute atomic E-state index is 0.00915. The van der Waals surface area contributed by atoms with Crippen molar-refractivity contribution in [1.29, 1.82) is 5.26 Å². The molecule has 2 aromatic carbocycles. The highest BCUT2D eigenvalue weighted by Crippen LogP contribution is 2.43. The largest absolute Gasteiger partial charge is 0.404 e. The number of amides is 1. The van der Waals surface area contributed by atoms with Gasteiger partial charge in [0.05, 0.1) is 11.6 Å². The number of alkyl halides is 1. The van der Waals surface area contributed by atoms with E-state index >= 15 is 4.39 Å². The van der Waals surface area contributed by atoms with E-state index in [1.54, 1.807) is 29.2 Å². The number of rotatable bonds is 5. The Morgan fingerprint density at radius 3 is 2.49 bits per heavy atom. The van der Waals surface area contributed by atoms with Crippen molar-refractivity contribution in [2.24, 2.45) is 0 Å². The smallest absolute Gasteiger partial charge is 0.313 e. The molecule has 1 saturated heterocycles. The summed E-state index contributed by atoms with van der Waals surface area (Å²) in [7, 11) is 0. The average Bonchev–Trinajstić information content (AvgIpc) is 3.28. The van der Waals surface area contributed by atoms with Gasteiger partial charge >= 0.3 is 6.01 Å². The Bertz CT molecular complexity index is 1280. The Kier molecular flexibility index (Phi) is 6.01. The number of piperidine rings is 1. The predicted molar refractivity (Wildman–Crippen MR) is 129 cm³/mol. The number of nitriles is 1. The van der Waals surface area contributed by atoms with Crippen LogP contribution in [0.3, 0.4) is 0 Å². The van der Waals surface area contributed by atoms with Crippen LogP contribution in [0.1, 0.15) is 77.6 Å². The van der Waals surface area contributed by atoms with E-state index in [1.165, 1.54) is 6.42 Å². The van der Waals surface area contributed by atoms with E-state index in [0.29, 0.717) is 48.0 Å². The van der Waals surface area contributed by atoms with Crippen LogP contribution in [0.5, 0.6) is 0 Å². The SMILES string of the molecule is CCc1cc(C2CCC2)c(-c2nnc(N)o2)cc1C(=O)N1CCC(F)(c2ccc(C#N)cc2)CC1. The summed E-state index contributed by atoms with van der Waals surface area (Å²) in [6.45, 7) is 2.66. The van der Waals surface area contributed by atoms with Crippen LogP contribution < -0.4 is 5.73 Å². The van der Waals surface area contributed by atoms with Gasteiger partial charge in [0.15, 0.2) is 0 Å². The molecule has 0 bridgehead atoms. The van der Waals surface area contributed by atoms with E-state index in [-0.39, 0.29) is 24.8 Å². The van der Waals surface area contributed by atoms with Crippen LogP contribution in [0.15, 0.2) is 40.8 Å². The number of carbonyl (C=O) groups excluding carboxylic acids is 1. The summed E-state index contributed by atoms with van der Waals surface area (Å²) in [5, 5.41) is 16.9. The molecule has 2 N–H and O–H groups in total. The zero-order valence-corrected chi connectivity index (χ0v) is 19.8. The lowest BCUT2D eigenvalue weighted by molar-refractivity contribution is 0.0420. The van der Waals surface area contributed by atoms with Crippen LogP contribution >= 0.6 is 0 Å². The van der Waals surface area contributed by atoms with E-state index in [2.05, 4.69) is 22.3 Å². The van der Waals surface area contributed by atoms with Crippen molar-refractivity contribution >= 4 is 11.9 Å². The molecule has 0 spiro atoms. The Balaban J connectivity index is 1.41. The molecule has 3 aromatic rings. The van der Waals surface area contributed by atoms with Crippen molar-refractivity contribution in [1.82, 2.24) is 15.1 Å². The Morgan fingerprint density at radius 1 is 1.23 bits per heavy atom. The fourth-order valence-electron chi connectivity index (χ4n) is 5.11. The van der Waals surface area contributed by atoms with Gasteiger partial charge in [0.1, 0.15) is 5.67 Å². The predicted octanol–water partition coefficient (Wildman–Crippen LogP) is 5.12. The quantitative estimate of drug-likeness (QED) is 0.551. The van der Waals surface area contributed by atoms with Gasteiger partial charge in [-0.05, 0) is 60.1 Å². The number of nitrogen functional groups attached to an aromatic ring is 1. The minimum Gasteiger partial charge on any atom is -0.404 e. The second-order valence-electron chi connectivity index (χ2n) is 9.47. The van der Waals surface area contributed by atoms with Gasteiger partial charge in [-0.25, -0.2) is 4.39 Å². The number of likely N-dealkylation sites (tertiary alicyclic amines) is 1. The van der Waals surface area contributed by atoms with Gasteiger partial charge in [0.25, 0.3) is 5.91 Å². The van der Waals surface area contributed by atoms with Gasteiger partial charge < -0.3 is 15.1 Å². The lowest BCUT2D eigenvalue weighted by Gasteiger charge is -2.37. The van der Waals surface area contributed by atoms with Crippen LogP contribution in [0.25, 0.3) is 11.5 Å². The third kappa shape index (κ3) is 4.27. The van der Waals surface area contributed by atoms with Crippen LogP contribution in [-0.4, -0.2) is 34.1 Å². The number of hydrogen-bond donors (Lipinski definition) is 1. The first kappa shape index (κ1) is 23.0. The van der Waals surface area contributed by atoms with Crippen LogP contribution in [-0.2, 0) is 12.1 Å². The summed E-state index contributed by atoms with van der Waals surface area (Å²) in [5.74, 6) is 0.614. The molecule has 0 atom stereocenters. The Hall–Kier alpha value is -3.73. The first-order chi connectivity index (χ1) is 16.9. The summed E-state index contributed by atoms with van der Waals surface area (Å²) in [6.07, 6.45) is 4.48. The van der Waals surface area contributed by atoms with Crippen molar-refractivity contribution < 1.29 is 13.6 Å². The van der Waals surface area contributed by atoms with Crippen LogP contribution in [0.2, 0.25) is 0 Å². The van der Waals surface area contributed by atoms with E-state index in [1.807, 2.05) is 13.0 Å². The number of carbonyl (C=O) groups is 1. The number of hydrogen-bond acceptors (Lipinski definition) is 6. The Morgan fingerprint density at radius 2 is 1.94 bits per heavy atom. The summed E-state index contributed by atoms with van der Waals surface area (Å²) in [6, 6.07) is 12.6. The molecular formula is C27H28FN5O2. The summed E-state index contributed by atoms with van der Waals surface area (Å²) >= 11 is 0. The molecule has 2 aliphatic rings. The molecule has 2 heterocycles. The molecule has 1 amide bonds. The highest BCUT2D eigenvalue weighted by Gasteiger charge is 2.38. The number of aryl methyl sites for hydroxylation is 1. The van der Waals surface area contributed by atoms with Gasteiger partial charge in [-0.3, -0.25) is 4.79 Å². The van der Waals surface area contributed by atoms with Crippen LogP contribution in [0.4, 0.5) is 10.4 Å². The molecule has 0 radical (unpaired) electrons. The van der Waals surface area contributed by atoms with Crippen molar-refractivity contribution in [2.75, 3.05) is 18.8 Å². The second kappa shape index (κ2) is 9.14. The average molecular weight is 474 g/mol. The normalized spacial score (nSPS) is 17.6. The van der Waals surface area contributed by atoms with Crippen molar-refractivity contribution in [2.45, 2.75) is 57.0 Å². The maximum atomic E-state index is 15.7. The topological polar surface area (TPSA) is 109 Å². The number of anilines is 1. The van der Waals surface area contributed by atoms with Gasteiger partial charge in [-0.15, -0.1) is 5.10 Å². The molecule has 2 fully saturated rings. The molecule has 1 saturated carbocycles. The molecule has 5 rings (SSSR count). The number of nitrogens with two attached hydrogens (primary N) is 1. The van der Waals surface area contributed by atoms with Gasteiger partial charge in [-0.1, -0.05) is 36.6 Å². The van der Waals surface area contributed by atoms with Gasteiger partial charge in [-0.2, -0.15) is 5.26 Å². The summed E-state index contributed by atoms with van der Waals surface area (Å²) in [5.41, 5.74) is 8.66. The highest BCUT2D eigenvalue weighted by molar-refractivity contribution is 5.97. The molecule has 0 unspecified atom stereocenters. The van der Waals surface area contributed by atoms with E-state index in [4.69, 9.17) is 15.4 Å². The maximum Gasteiger partial charge on any atom is 0.313 e. The van der Waals surface area contributed by atoms with E-state index in [0.717, 1.165) is 29.5 Å². The summed E-state index contributed by atoms with van der Waals surface area (Å²) < 4.78 is 21.3.